The normalized spacial score (nSPS) is 21.7. The summed E-state index contributed by atoms with van der Waals surface area (Å²) in [5.41, 5.74) is 1.98. The van der Waals surface area contributed by atoms with Crippen LogP contribution in [0.5, 0.6) is 11.5 Å². The Bertz CT molecular complexity index is 410. The van der Waals surface area contributed by atoms with Gasteiger partial charge < -0.3 is 14.6 Å². The lowest BCUT2D eigenvalue weighted by atomic mass is 9.86. The van der Waals surface area contributed by atoms with Crippen molar-refractivity contribution in [1.82, 2.24) is 0 Å². The maximum Gasteiger partial charge on any atom is 0.126 e. The Balaban J connectivity index is 2.64. The zero-order chi connectivity index (χ0) is 11.9. The van der Waals surface area contributed by atoms with E-state index in [1.807, 2.05) is 12.1 Å². The summed E-state index contributed by atoms with van der Waals surface area (Å²) in [4.78, 5) is 0. The maximum absolute atomic E-state index is 10.0. The molecule has 1 aromatic rings. The number of methoxy groups -OCH3 is 2. The van der Waals surface area contributed by atoms with Crippen LogP contribution in [0.4, 0.5) is 0 Å². The molecule has 1 atom stereocenters. The van der Waals surface area contributed by atoms with E-state index in [4.69, 9.17) is 9.47 Å². The van der Waals surface area contributed by atoms with Gasteiger partial charge in [-0.05, 0) is 23.5 Å². The Morgan fingerprint density at radius 1 is 1.25 bits per heavy atom. The monoisotopic (exact) mass is 222 g/mol. The SMILES string of the molecule is COc1cc(OC)c2c(c1)[C@H](O)CC2(C)C. The molecule has 0 amide bonds. The molecule has 3 heteroatoms. The second-order valence-corrected chi connectivity index (χ2v) is 4.90. The van der Waals surface area contributed by atoms with Crippen LogP contribution in [-0.2, 0) is 5.41 Å². The molecule has 0 unspecified atom stereocenters. The van der Waals surface area contributed by atoms with Crippen molar-refractivity contribution in [2.24, 2.45) is 0 Å². The Morgan fingerprint density at radius 3 is 2.50 bits per heavy atom. The third-order valence-corrected chi connectivity index (χ3v) is 3.30. The first-order chi connectivity index (χ1) is 7.49. The van der Waals surface area contributed by atoms with Crippen LogP contribution in [0.15, 0.2) is 12.1 Å². The molecule has 0 fully saturated rings. The van der Waals surface area contributed by atoms with Gasteiger partial charge in [0, 0.05) is 11.6 Å². The van der Waals surface area contributed by atoms with E-state index in [1.54, 1.807) is 14.2 Å². The van der Waals surface area contributed by atoms with Gasteiger partial charge in [0.2, 0.25) is 0 Å². The summed E-state index contributed by atoms with van der Waals surface area (Å²) >= 11 is 0. The lowest BCUT2D eigenvalue weighted by molar-refractivity contribution is 0.161. The minimum absolute atomic E-state index is 0.0492. The van der Waals surface area contributed by atoms with Crippen LogP contribution in [0.2, 0.25) is 0 Å². The molecular weight excluding hydrogens is 204 g/mol. The predicted molar refractivity (Wildman–Crippen MR) is 62.1 cm³/mol. The second kappa shape index (κ2) is 3.67. The molecule has 0 heterocycles. The Kier molecular flexibility index (Phi) is 2.58. The summed E-state index contributed by atoms with van der Waals surface area (Å²) in [6, 6.07) is 3.77. The number of rotatable bonds is 2. The van der Waals surface area contributed by atoms with Gasteiger partial charge in [0.05, 0.1) is 20.3 Å². The topological polar surface area (TPSA) is 38.7 Å². The summed E-state index contributed by atoms with van der Waals surface area (Å²) in [6.45, 7) is 4.24. The molecule has 3 nitrogen and oxygen atoms in total. The Morgan fingerprint density at radius 2 is 1.94 bits per heavy atom. The average Bonchev–Trinajstić information content (AvgIpc) is 2.48. The molecule has 0 radical (unpaired) electrons. The van der Waals surface area contributed by atoms with Crippen molar-refractivity contribution in [3.8, 4) is 11.5 Å². The molecule has 1 aliphatic carbocycles. The molecule has 1 N–H and O–H groups in total. The van der Waals surface area contributed by atoms with E-state index in [9.17, 15) is 5.11 Å². The first kappa shape index (κ1) is 11.3. The van der Waals surface area contributed by atoms with Gasteiger partial charge in [0.25, 0.3) is 0 Å². The molecule has 2 rings (SSSR count). The largest absolute Gasteiger partial charge is 0.497 e. The molecule has 0 aliphatic heterocycles. The van der Waals surface area contributed by atoms with E-state index in [-0.39, 0.29) is 5.41 Å². The highest BCUT2D eigenvalue weighted by atomic mass is 16.5. The van der Waals surface area contributed by atoms with E-state index < -0.39 is 6.10 Å². The van der Waals surface area contributed by atoms with Crippen LogP contribution < -0.4 is 9.47 Å². The number of benzene rings is 1. The standard InChI is InChI=1S/C13H18O3/c1-13(2)7-10(14)9-5-8(15-3)6-11(16-4)12(9)13/h5-6,10,14H,7H2,1-4H3/t10-/m1/s1. The molecule has 88 valence electrons. The van der Waals surface area contributed by atoms with E-state index in [0.29, 0.717) is 0 Å². The molecule has 0 aromatic heterocycles. The third-order valence-electron chi connectivity index (χ3n) is 3.30. The molecule has 1 aliphatic rings. The number of fused-ring (bicyclic) bond motifs is 1. The first-order valence-electron chi connectivity index (χ1n) is 5.44. The fraction of sp³-hybridized carbons (Fsp3) is 0.538. The van der Waals surface area contributed by atoms with Crippen LogP contribution >= 0.6 is 0 Å². The van der Waals surface area contributed by atoms with Crippen molar-refractivity contribution in [3.05, 3.63) is 23.3 Å². The first-order valence-corrected chi connectivity index (χ1v) is 5.44. The summed E-state index contributed by atoms with van der Waals surface area (Å²) in [5.74, 6) is 1.53. The number of aliphatic hydroxyl groups excluding tert-OH is 1. The number of hydrogen-bond acceptors (Lipinski definition) is 3. The van der Waals surface area contributed by atoms with Gasteiger partial charge in [-0.15, -0.1) is 0 Å². The fourth-order valence-electron chi connectivity index (χ4n) is 2.57. The Labute approximate surface area is 96.0 Å². The van der Waals surface area contributed by atoms with Crippen molar-refractivity contribution in [1.29, 1.82) is 0 Å². The van der Waals surface area contributed by atoms with Crippen LogP contribution in [-0.4, -0.2) is 19.3 Å². The van der Waals surface area contributed by atoms with Gasteiger partial charge in [-0.25, -0.2) is 0 Å². The lowest BCUT2D eigenvalue weighted by Gasteiger charge is -2.21. The Hall–Kier alpha value is -1.22. The van der Waals surface area contributed by atoms with Crippen molar-refractivity contribution < 1.29 is 14.6 Å². The summed E-state index contributed by atoms with van der Waals surface area (Å²) < 4.78 is 10.6. The molecule has 16 heavy (non-hydrogen) atoms. The quantitative estimate of drug-likeness (QED) is 0.835. The highest BCUT2D eigenvalue weighted by molar-refractivity contribution is 5.54. The molecule has 0 saturated carbocycles. The summed E-state index contributed by atoms with van der Waals surface area (Å²) in [6.07, 6.45) is 0.306. The van der Waals surface area contributed by atoms with E-state index in [2.05, 4.69) is 13.8 Å². The van der Waals surface area contributed by atoms with Gasteiger partial charge in [-0.2, -0.15) is 0 Å². The van der Waals surface area contributed by atoms with Crippen LogP contribution in [0.3, 0.4) is 0 Å². The molecular formula is C13H18O3. The zero-order valence-corrected chi connectivity index (χ0v) is 10.2. The lowest BCUT2D eigenvalue weighted by Crippen LogP contribution is -2.13. The van der Waals surface area contributed by atoms with Gasteiger partial charge >= 0.3 is 0 Å². The van der Waals surface area contributed by atoms with Gasteiger partial charge in [0.15, 0.2) is 0 Å². The van der Waals surface area contributed by atoms with Gasteiger partial charge in [-0.1, -0.05) is 13.8 Å². The van der Waals surface area contributed by atoms with E-state index in [0.717, 1.165) is 29.0 Å². The van der Waals surface area contributed by atoms with Gasteiger partial charge in [0.1, 0.15) is 11.5 Å². The summed E-state index contributed by atoms with van der Waals surface area (Å²) in [7, 11) is 3.27. The maximum atomic E-state index is 10.0. The highest BCUT2D eigenvalue weighted by Crippen LogP contribution is 2.50. The van der Waals surface area contributed by atoms with Crippen molar-refractivity contribution in [2.45, 2.75) is 31.8 Å². The third kappa shape index (κ3) is 1.55. The highest BCUT2D eigenvalue weighted by Gasteiger charge is 2.39. The minimum Gasteiger partial charge on any atom is -0.497 e. The van der Waals surface area contributed by atoms with E-state index in [1.165, 1.54) is 0 Å². The molecule has 0 bridgehead atoms. The van der Waals surface area contributed by atoms with Crippen molar-refractivity contribution in [2.75, 3.05) is 14.2 Å². The minimum atomic E-state index is -0.422. The van der Waals surface area contributed by atoms with Crippen LogP contribution in [0.1, 0.15) is 37.5 Å². The smallest absolute Gasteiger partial charge is 0.126 e. The van der Waals surface area contributed by atoms with E-state index >= 15 is 0 Å². The van der Waals surface area contributed by atoms with Crippen LogP contribution in [0.25, 0.3) is 0 Å². The predicted octanol–water partition coefficient (Wildman–Crippen LogP) is 2.42. The molecule has 1 aromatic carbocycles. The number of aliphatic hydroxyl groups is 1. The van der Waals surface area contributed by atoms with Crippen molar-refractivity contribution >= 4 is 0 Å². The van der Waals surface area contributed by atoms with Crippen molar-refractivity contribution in [3.63, 3.8) is 0 Å². The number of ether oxygens (including phenoxy) is 2. The fourth-order valence-corrected chi connectivity index (χ4v) is 2.57. The van der Waals surface area contributed by atoms with Gasteiger partial charge in [-0.3, -0.25) is 0 Å². The average molecular weight is 222 g/mol. The molecule has 0 spiro atoms. The zero-order valence-electron chi connectivity index (χ0n) is 10.2. The summed E-state index contributed by atoms with van der Waals surface area (Å²) in [5, 5.41) is 10.0. The molecule has 0 saturated heterocycles. The van der Waals surface area contributed by atoms with Crippen LogP contribution in [0, 0.1) is 0 Å². The second-order valence-electron chi connectivity index (χ2n) is 4.90. The number of hydrogen-bond donors (Lipinski definition) is 1.